The first-order valence-corrected chi connectivity index (χ1v) is 13.3. The van der Waals surface area contributed by atoms with Gasteiger partial charge in [-0.15, -0.1) is 0 Å². The summed E-state index contributed by atoms with van der Waals surface area (Å²) in [5, 5.41) is 5.03. The molecule has 1 aliphatic heterocycles. The predicted octanol–water partition coefficient (Wildman–Crippen LogP) is 4.99. The van der Waals surface area contributed by atoms with Crippen molar-refractivity contribution in [2.45, 2.75) is 89.1 Å². The first-order chi connectivity index (χ1) is 15.2. The van der Waals surface area contributed by atoms with Crippen LogP contribution in [0.1, 0.15) is 98.2 Å². The number of hydrogen-bond acceptors (Lipinski definition) is 4. The monoisotopic (exact) mass is 455 g/mol. The number of benzene rings is 1. The lowest BCUT2D eigenvalue weighted by atomic mass is 9.75. The van der Waals surface area contributed by atoms with E-state index in [0.717, 1.165) is 36.9 Å². The highest BCUT2D eigenvalue weighted by atomic mass is 32.2. The van der Waals surface area contributed by atoms with Gasteiger partial charge in [0.25, 0.3) is 0 Å². The van der Waals surface area contributed by atoms with E-state index in [0.29, 0.717) is 41.6 Å². The SMILES string of the molecule is Cc1ccc(S(=O)(=O)N2CCC[C@H]2c2nn(C3CCCC3)c3c2C(=O)CC(C)(C)C3)cc1. The van der Waals surface area contributed by atoms with Gasteiger partial charge in [-0.2, -0.15) is 9.40 Å². The summed E-state index contributed by atoms with van der Waals surface area (Å²) in [6.07, 6.45) is 7.31. The van der Waals surface area contributed by atoms with Crippen LogP contribution in [0.25, 0.3) is 0 Å². The molecule has 0 unspecified atom stereocenters. The molecule has 2 aliphatic carbocycles. The van der Waals surface area contributed by atoms with Gasteiger partial charge in [0.1, 0.15) is 0 Å². The molecule has 7 heteroatoms. The Morgan fingerprint density at radius 2 is 1.69 bits per heavy atom. The van der Waals surface area contributed by atoms with Crippen molar-refractivity contribution in [2.75, 3.05) is 6.54 Å². The zero-order valence-corrected chi connectivity index (χ0v) is 20.1. The van der Waals surface area contributed by atoms with E-state index in [1.807, 2.05) is 19.1 Å². The van der Waals surface area contributed by atoms with Crippen LogP contribution in [0.3, 0.4) is 0 Å². The number of fused-ring (bicyclic) bond motifs is 1. The van der Waals surface area contributed by atoms with E-state index >= 15 is 0 Å². The van der Waals surface area contributed by atoms with Gasteiger partial charge in [-0.25, -0.2) is 8.42 Å². The Kier molecular flexibility index (Phi) is 5.32. The minimum atomic E-state index is -3.66. The molecule has 1 atom stereocenters. The minimum absolute atomic E-state index is 0.0962. The molecule has 2 heterocycles. The van der Waals surface area contributed by atoms with E-state index in [1.54, 1.807) is 16.4 Å². The third kappa shape index (κ3) is 3.63. The molecule has 32 heavy (non-hydrogen) atoms. The van der Waals surface area contributed by atoms with E-state index in [1.165, 1.54) is 12.8 Å². The maximum Gasteiger partial charge on any atom is 0.243 e. The molecular formula is C25H33N3O3S. The van der Waals surface area contributed by atoms with Gasteiger partial charge in [-0.05, 0) is 56.6 Å². The largest absolute Gasteiger partial charge is 0.294 e. The number of rotatable bonds is 4. The van der Waals surface area contributed by atoms with Crippen molar-refractivity contribution in [3.05, 3.63) is 46.8 Å². The normalized spacial score (nSPS) is 24.2. The Balaban J connectivity index is 1.59. The van der Waals surface area contributed by atoms with E-state index in [2.05, 4.69) is 18.5 Å². The van der Waals surface area contributed by atoms with Gasteiger partial charge in [0, 0.05) is 13.0 Å². The molecule has 1 saturated heterocycles. The fraction of sp³-hybridized carbons (Fsp3) is 0.600. The van der Waals surface area contributed by atoms with Gasteiger partial charge in [0.2, 0.25) is 10.0 Å². The van der Waals surface area contributed by atoms with Crippen LogP contribution in [0.4, 0.5) is 0 Å². The van der Waals surface area contributed by atoms with Gasteiger partial charge in [-0.3, -0.25) is 9.48 Å². The second-order valence-electron chi connectivity index (χ2n) is 10.6. The average molecular weight is 456 g/mol. The molecule has 1 saturated carbocycles. The van der Waals surface area contributed by atoms with Gasteiger partial charge in [-0.1, -0.05) is 44.4 Å². The highest BCUT2D eigenvalue weighted by molar-refractivity contribution is 7.89. The Morgan fingerprint density at radius 1 is 1.00 bits per heavy atom. The fourth-order valence-corrected chi connectivity index (χ4v) is 7.49. The van der Waals surface area contributed by atoms with E-state index < -0.39 is 10.0 Å². The summed E-state index contributed by atoms with van der Waals surface area (Å²) >= 11 is 0. The molecule has 1 aromatic carbocycles. The van der Waals surface area contributed by atoms with Gasteiger partial charge < -0.3 is 0 Å². The quantitative estimate of drug-likeness (QED) is 0.651. The molecule has 0 spiro atoms. The lowest BCUT2D eigenvalue weighted by molar-refractivity contribution is 0.0907. The molecule has 2 fully saturated rings. The molecule has 1 aromatic heterocycles. The average Bonchev–Trinajstić information content (AvgIpc) is 3.46. The fourth-order valence-electron chi connectivity index (χ4n) is 5.83. The molecule has 0 radical (unpaired) electrons. The molecule has 0 amide bonds. The van der Waals surface area contributed by atoms with Crippen molar-refractivity contribution in [1.29, 1.82) is 0 Å². The lowest BCUT2D eigenvalue weighted by Gasteiger charge is -2.30. The molecule has 3 aliphatic rings. The van der Waals surface area contributed by atoms with Gasteiger partial charge >= 0.3 is 0 Å². The van der Waals surface area contributed by atoms with Crippen LogP contribution in [-0.4, -0.2) is 34.8 Å². The number of nitrogens with zero attached hydrogens (tertiary/aromatic N) is 3. The van der Waals surface area contributed by atoms with Crippen molar-refractivity contribution in [3.8, 4) is 0 Å². The summed E-state index contributed by atoms with van der Waals surface area (Å²) in [6.45, 7) is 6.70. The predicted molar refractivity (Wildman–Crippen MR) is 123 cm³/mol. The summed E-state index contributed by atoms with van der Waals surface area (Å²) in [5.41, 5.74) is 3.38. The molecular weight excluding hydrogens is 422 g/mol. The highest BCUT2D eigenvalue weighted by Gasteiger charge is 2.44. The number of Topliss-reactive ketones (excluding diaryl/α,β-unsaturated/α-hetero) is 1. The van der Waals surface area contributed by atoms with Crippen LogP contribution in [0, 0.1) is 12.3 Å². The molecule has 0 N–H and O–H groups in total. The van der Waals surface area contributed by atoms with Crippen molar-refractivity contribution < 1.29 is 13.2 Å². The molecule has 0 bridgehead atoms. The Hall–Kier alpha value is -1.99. The van der Waals surface area contributed by atoms with E-state index in [4.69, 9.17) is 5.10 Å². The Bertz CT molecular complexity index is 1140. The van der Waals surface area contributed by atoms with Crippen molar-refractivity contribution in [2.24, 2.45) is 5.41 Å². The summed E-state index contributed by atoms with van der Waals surface area (Å²) in [6, 6.07) is 6.98. The van der Waals surface area contributed by atoms with Gasteiger partial charge in [0.15, 0.2) is 5.78 Å². The van der Waals surface area contributed by atoms with Gasteiger partial charge in [0.05, 0.1) is 33.9 Å². The number of aryl methyl sites for hydroxylation is 1. The maximum absolute atomic E-state index is 13.6. The number of hydrogen-bond donors (Lipinski definition) is 0. The van der Waals surface area contributed by atoms with Crippen LogP contribution in [0.2, 0.25) is 0 Å². The topological polar surface area (TPSA) is 72.3 Å². The Morgan fingerprint density at radius 3 is 2.38 bits per heavy atom. The molecule has 2 aromatic rings. The standard InChI is InChI=1S/C25H33N3O3S/c1-17-10-12-19(13-11-17)32(30,31)27-14-6-9-20(27)24-23-21(15-25(2,3)16-22(23)29)28(26-24)18-7-4-5-8-18/h10-13,18,20H,4-9,14-16H2,1-3H3/t20-/m0/s1. The second kappa shape index (κ2) is 7.80. The zero-order valence-electron chi connectivity index (χ0n) is 19.3. The number of aromatic nitrogens is 2. The first-order valence-electron chi connectivity index (χ1n) is 11.9. The highest BCUT2D eigenvalue weighted by Crippen LogP contribution is 2.44. The van der Waals surface area contributed by atoms with Crippen molar-refractivity contribution in [1.82, 2.24) is 14.1 Å². The maximum atomic E-state index is 13.6. The van der Waals surface area contributed by atoms with Crippen LogP contribution in [0.15, 0.2) is 29.2 Å². The number of carbonyl (C=O) groups excluding carboxylic acids is 1. The minimum Gasteiger partial charge on any atom is -0.294 e. The van der Waals surface area contributed by atoms with Crippen LogP contribution >= 0.6 is 0 Å². The van der Waals surface area contributed by atoms with E-state index in [9.17, 15) is 13.2 Å². The number of carbonyl (C=O) groups is 1. The third-order valence-corrected chi connectivity index (χ3v) is 9.34. The van der Waals surface area contributed by atoms with Crippen LogP contribution in [-0.2, 0) is 16.4 Å². The Labute approximate surface area is 191 Å². The third-order valence-electron chi connectivity index (χ3n) is 7.42. The zero-order chi connectivity index (χ0) is 22.7. The summed E-state index contributed by atoms with van der Waals surface area (Å²) in [4.78, 5) is 13.7. The van der Waals surface area contributed by atoms with Crippen molar-refractivity contribution >= 4 is 15.8 Å². The number of ketones is 1. The molecule has 5 rings (SSSR count). The summed E-state index contributed by atoms with van der Waals surface area (Å²) < 4.78 is 30.8. The molecule has 172 valence electrons. The lowest BCUT2D eigenvalue weighted by Crippen LogP contribution is -2.33. The summed E-state index contributed by atoms with van der Waals surface area (Å²) in [7, 11) is -3.66. The van der Waals surface area contributed by atoms with Crippen molar-refractivity contribution in [3.63, 3.8) is 0 Å². The van der Waals surface area contributed by atoms with Crippen LogP contribution in [0.5, 0.6) is 0 Å². The van der Waals surface area contributed by atoms with E-state index in [-0.39, 0.29) is 17.2 Å². The first kappa shape index (κ1) is 21.8. The summed E-state index contributed by atoms with van der Waals surface area (Å²) in [5.74, 6) is 0.120. The van der Waals surface area contributed by atoms with Crippen LogP contribution < -0.4 is 0 Å². The smallest absolute Gasteiger partial charge is 0.243 e. The number of sulfonamides is 1. The second-order valence-corrected chi connectivity index (χ2v) is 12.5. The molecule has 6 nitrogen and oxygen atoms in total.